The van der Waals surface area contributed by atoms with Crippen molar-refractivity contribution >= 4 is 27.6 Å². The van der Waals surface area contributed by atoms with Crippen LogP contribution in [0.3, 0.4) is 0 Å². The van der Waals surface area contributed by atoms with Crippen molar-refractivity contribution in [3.8, 4) is 0 Å². The van der Waals surface area contributed by atoms with Crippen LogP contribution >= 0.6 is 0 Å². The van der Waals surface area contributed by atoms with Crippen molar-refractivity contribution in [3.05, 3.63) is 0 Å². The second kappa shape index (κ2) is 20.8. The lowest BCUT2D eigenvalue weighted by Gasteiger charge is -2.06. The van der Waals surface area contributed by atoms with E-state index in [2.05, 4.69) is 13.8 Å². The minimum atomic E-state index is -5.17. The predicted octanol–water partition coefficient (Wildman–Crippen LogP) is 0.267. The van der Waals surface area contributed by atoms with Crippen LogP contribution in [0.15, 0.2) is 0 Å². The molecule has 110 valence electrons. The number of hydrogen-bond acceptors (Lipinski definition) is 7. The molecule has 9 nitrogen and oxygen atoms in total. The number of carbonyl (C=O) groups is 1. The molecule has 0 spiro atoms. The fourth-order valence-electron chi connectivity index (χ4n) is 0. The maximum absolute atomic E-state index is 8.74. The minimum Gasteiger partial charge on any atom is -0.759 e. The van der Waals surface area contributed by atoms with Gasteiger partial charge >= 0.3 is 10.4 Å². The summed E-state index contributed by atoms with van der Waals surface area (Å²) in [5.74, 6) is 0. The fourth-order valence-corrected chi connectivity index (χ4v) is 0. The maximum atomic E-state index is 8.74. The van der Waals surface area contributed by atoms with Crippen molar-refractivity contribution in [2.45, 2.75) is 34.1 Å². The first-order valence-corrected chi connectivity index (χ1v) is 6.80. The van der Waals surface area contributed by atoms with Crippen LogP contribution in [0.1, 0.15) is 34.1 Å². The highest BCUT2D eigenvalue weighted by atomic mass is 32.3. The molecule has 0 aliphatic rings. The van der Waals surface area contributed by atoms with Gasteiger partial charge in [-0.05, 0) is 0 Å². The molecule has 0 aliphatic carbocycles. The molecule has 0 saturated heterocycles. The molecule has 0 amide bonds. The Kier molecular flexibility index (Phi) is 36.6. The highest BCUT2D eigenvalue weighted by molar-refractivity contribution is 7.80. The first-order chi connectivity index (χ1) is 7.41. The van der Waals surface area contributed by atoms with Crippen LogP contribution in [0.2, 0.25) is 0 Å². The van der Waals surface area contributed by atoms with Crippen molar-refractivity contribution in [2.24, 2.45) is 0 Å². The molecular weight excluding hydrogens is 280 g/mol. The van der Waals surface area contributed by atoms with E-state index in [9.17, 15) is 0 Å². The van der Waals surface area contributed by atoms with Gasteiger partial charge in [-0.25, -0.2) is 0 Å². The molecule has 0 aromatic heterocycles. The summed E-state index contributed by atoms with van der Waals surface area (Å²) in [7, 11) is -9.83. The lowest BCUT2D eigenvalue weighted by molar-refractivity contribution is -0.0980. The highest BCUT2D eigenvalue weighted by Crippen LogP contribution is 1.59. The number of carbonyl (C=O) groups excluding carboxylic acids is 1. The van der Waals surface area contributed by atoms with E-state index in [0.29, 0.717) is 0 Å². The van der Waals surface area contributed by atoms with Crippen LogP contribution in [0, 0.1) is 0 Å². The van der Waals surface area contributed by atoms with Crippen molar-refractivity contribution in [3.63, 3.8) is 0 Å². The molecule has 0 aromatic rings. The topological polar surface area (TPSA) is 172 Å². The van der Waals surface area contributed by atoms with Gasteiger partial charge in [-0.1, -0.05) is 34.1 Å². The van der Waals surface area contributed by atoms with E-state index in [1.165, 1.54) is 6.42 Å². The molecule has 0 fully saturated rings. The van der Waals surface area contributed by atoms with Crippen LogP contribution in [0.25, 0.3) is 0 Å². The molecule has 0 saturated carbocycles. The Labute approximate surface area is 102 Å². The molecular formula is C6H18O9S2-2. The number of rotatable bonds is 0. The highest BCUT2D eigenvalue weighted by Gasteiger charge is 1.84. The Morgan fingerprint density at radius 3 is 0.941 bits per heavy atom. The smallest absolute Gasteiger partial charge is 0.394 e. The molecule has 0 atom stereocenters. The molecule has 0 aliphatic heterocycles. The predicted molar refractivity (Wildman–Crippen MR) is 59.1 cm³/mol. The van der Waals surface area contributed by atoms with Gasteiger partial charge in [-0.3, -0.25) is 17.5 Å². The zero-order valence-corrected chi connectivity index (χ0v) is 11.6. The average Bonchev–Trinajstić information content (AvgIpc) is 2.06. The monoisotopic (exact) mass is 298 g/mol. The van der Waals surface area contributed by atoms with Gasteiger partial charge in [0.2, 0.25) is 0 Å². The van der Waals surface area contributed by atoms with Gasteiger partial charge in [0.05, 0.1) is 0 Å². The Bertz CT molecular complexity index is 245. The molecule has 0 aromatic carbocycles. The molecule has 0 radical (unpaired) electrons. The normalized spacial score (nSPS) is 8.47. The van der Waals surface area contributed by atoms with Crippen LogP contribution in [0.4, 0.5) is 0 Å². The molecule has 2 N–H and O–H groups in total. The summed E-state index contributed by atoms with van der Waals surface area (Å²) in [5.41, 5.74) is 0. The lowest BCUT2D eigenvalue weighted by Crippen LogP contribution is -1.91. The second-order valence-electron chi connectivity index (χ2n) is 1.56. The summed E-state index contributed by atoms with van der Waals surface area (Å²) in [6.07, 6.45) is 1.25. The summed E-state index contributed by atoms with van der Waals surface area (Å²) in [4.78, 5) is 8.00. The quantitative estimate of drug-likeness (QED) is 0.470. The average molecular weight is 298 g/mol. The summed E-state index contributed by atoms with van der Waals surface area (Å²) < 4.78 is 65.7. The van der Waals surface area contributed by atoms with E-state index in [-0.39, 0.29) is 0 Å². The van der Waals surface area contributed by atoms with E-state index in [1.807, 2.05) is 20.6 Å². The third-order valence-electron chi connectivity index (χ3n) is 0. The first-order valence-electron chi connectivity index (χ1n) is 4.07. The van der Waals surface area contributed by atoms with Crippen LogP contribution < -0.4 is 0 Å². The van der Waals surface area contributed by atoms with E-state index in [0.717, 1.165) is 0 Å². The molecule has 17 heavy (non-hydrogen) atoms. The number of hydrogen-bond donors (Lipinski definition) is 2. The standard InChI is InChI=1S/C3H8.C2H6.CH2O.2H2O4S/c1-3-2;2*1-2;2*1-5(2,3)4/h3H2,1-2H3;1-2H3;1H2;2*(H2,1,2,3,4)/p-2. The third kappa shape index (κ3) is 7960. The zero-order chi connectivity index (χ0) is 15.7. The summed E-state index contributed by atoms with van der Waals surface area (Å²) in [5, 5.41) is 0. The molecule has 11 heteroatoms. The van der Waals surface area contributed by atoms with Gasteiger partial charge < -0.3 is 13.9 Å². The van der Waals surface area contributed by atoms with Gasteiger partial charge in [0, 0.05) is 10.4 Å². The van der Waals surface area contributed by atoms with Gasteiger partial charge in [0.25, 0.3) is 0 Å². The summed E-state index contributed by atoms with van der Waals surface area (Å²) >= 11 is 0. The fraction of sp³-hybridized carbons (Fsp3) is 0.833. The van der Waals surface area contributed by atoms with Crippen molar-refractivity contribution < 1.29 is 39.8 Å². The SMILES string of the molecule is C=O.CC.CCC.O=S(=O)(O)O.O=S(=O)([O-])[O-]. The second-order valence-corrected chi connectivity index (χ2v) is 3.28. The molecule has 0 rings (SSSR count). The van der Waals surface area contributed by atoms with Crippen LogP contribution in [-0.4, -0.2) is 41.8 Å². The van der Waals surface area contributed by atoms with Gasteiger partial charge in [0.15, 0.2) is 0 Å². The largest absolute Gasteiger partial charge is 0.759 e. The van der Waals surface area contributed by atoms with E-state index in [1.54, 1.807) is 0 Å². The molecule has 0 unspecified atom stereocenters. The minimum absolute atomic E-state index is 1.25. The Morgan fingerprint density at radius 1 is 0.941 bits per heavy atom. The first kappa shape index (κ1) is 29.9. The Hall–Kier alpha value is -0.590. The Morgan fingerprint density at radius 2 is 0.941 bits per heavy atom. The third-order valence-corrected chi connectivity index (χ3v) is 0. The van der Waals surface area contributed by atoms with E-state index in [4.69, 9.17) is 39.8 Å². The summed E-state index contributed by atoms with van der Waals surface area (Å²) in [6.45, 7) is 10.2. The maximum Gasteiger partial charge on any atom is 0.394 e. The molecule has 0 heterocycles. The van der Waals surface area contributed by atoms with Crippen LogP contribution in [-0.2, 0) is 25.6 Å². The van der Waals surface area contributed by atoms with E-state index < -0.39 is 20.8 Å². The van der Waals surface area contributed by atoms with Gasteiger partial charge in [-0.15, -0.1) is 0 Å². The van der Waals surface area contributed by atoms with Gasteiger partial charge in [-0.2, -0.15) is 8.42 Å². The van der Waals surface area contributed by atoms with Crippen molar-refractivity contribution in [1.82, 2.24) is 0 Å². The summed E-state index contributed by atoms with van der Waals surface area (Å²) in [6, 6.07) is 0. The van der Waals surface area contributed by atoms with Gasteiger partial charge in [0.1, 0.15) is 6.79 Å². The zero-order valence-electron chi connectivity index (χ0n) is 9.98. The van der Waals surface area contributed by atoms with Crippen LogP contribution in [0.5, 0.6) is 0 Å². The molecule has 0 bridgehead atoms. The van der Waals surface area contributed by atoms with Crippen molar-refractivity contribution in [1.29, 1.82) is 0 Å². The Balaban J connectivity index is -0.0000000377. The lowest BCUT2D eigenvalue weighted by atomic mass is 10.6. The van der Waals surface area contributed by atoms with E-state index >= 15 is 0 Å². The van der Waals surface area contributed by atoms with Crippen molar-refractivity contribution in [2.75, 3.05) is 0 Å².